The van der Waals surface area contributed by atoms with Crippen molar-refractivity contribution in [1.29, 1.82) is 0 Å². The zero-order chi connectivity index (χ0) is 28.4. The van der Waals surface area contributed by atoms with Crippen LogP contribution in [-0.4, -0.2) is 52.5 Å². The molecule has 40 heavy (non-hydrogen) atoms. The first kappa shape index (κ1) is 28.1. The summed E-state index contributed by atoms with van der Waals surface area (Å²) in [6, 6.07) is 6.20. The number of pyridine rings is 2. The number of carbonyl (C=O) groups is 1. The van der Waals surface area contributed by atoms with E-state index in [-0.39, 0.29) is 35.1 Å². The van der Waals surface area contributed by atoms with Crippen molar-refractivity contribution < 1.29 is 23.1 Å². The van der Waals surface area contributed by atoms with Gasteiger partial charge in [0, 0.05) is 44.7 Å². The quantitative estimate of drug-likeness (QED) is 0.412. The highest BCUT2D eigenvalue weighted by Crippen LogP contribution is 2.34. The van der Waals surface area contributed by atoms with Crippen LogP contribution >= 0.6 is 0 Å². The van der Waals surface area contributed by atoms with Gasteiger partial charge in [0.2, 0.25) is 5.43 Å². The number of hydrogen-bond donors (Lipinski definition) is 2. The molecular formula is C30H35F3N4O3. The fourth-order valence-corrected chi connectivity index (χ4v) is 5.98. The number of nitrogens with one attached hydrogen (secondary N) is 1. The number of rotatable bonds is 8. The van der Waals surface area contributed by atoms with Crippen LogP contribution in [0.25, 0.3) is 16.7 Å². The van der Waals surface area contributed by atoms with Gasteiger partial charge < -0.3 is 15.3 Å². The van der Waals surface area contributed by atoms with Crippen LogP contribution in [0.15, 0.2) is 41.3 Å². The molecule has 5 rings (SSSR count). The molecule has 10 heteroatoms. The largest absolute Gasteiger partial charge is 0.393 e. The molecule has 2 atom stereocenters. The summed E-state index contributed by atoms with van der Waals surface area (Å²) >= 11 is 0. The topological polar surface area (TPSA) is 87.5 Å². The molecule has 7 nitrogen and oxygen atoms in total. The standard InChI is InChI=1S/C30H35F3N4O3/c1-2-19-3-4-20(15-19)9-12-34-29(40)23-17-37(25-7-5-21(31)16-24(25)32)28-22(27(23)39)6-8-26(35-28)36-13-10-30(33,18-38)11-14-36/h5-8,16-17,19-20,38H,2-4,9-15,18H2,1H3,(H,34,40). The minimum absolute atomic E-state index is 0.0663. The van der Waals surface area contributed by atoms with Crippen LogP contribution in [0.3, 0.4) is 0 Å². The van der Waals surface area contributed by atoms with Gasteiger partial charge in [-0.2, -0.15) is 0 Å². The molecule has 1 saturated carbocycles. The summed E-state index contributed by atoms with van der Waals surface area (Å²) in [4.78, 5) is 33.1. The van der Waals surface area contributed by atoms with Gasteiger partial charge in [0.15, 0.2) is 5.65 Å². The summed E-state index contributed by atoms with van der Waals surface area (Å²) in [7, 11) is 0. The third kappa shape index (κ3) is 5.73. The number of aromatic nitrogens is 2. The number of aliphatic hydroxyl groups is 1. The van der Waals surface area contributed by atoms with Gasteiger partial charge in [0.1, 0.15) is 28.7 Å². The van der Waals surface area contributed by atoms with E-state index in [1.54, 1.807) is 6.07 Å². The number of alkyl halides is 1. The smallest absolute Gasteiger partial charge is 0.256 e. The molecule has 0 spiro atoms. The lowest BCUT2D eigenvalue weighted by Crippen LogP contribution is -2.44. The van der Waals surface area contributed by atoms with Gasteiger partial charge in [0.25, 0.3) is 5.91 Å². The zero-order valence-corrected chi connectivity index (χ0v) is 22.6. The molecule has 1 aromatic carbocycles. The molecule has 3 aromatic rings. The predicted octanol–water partition coefficient (Wildman–Crippen LogP) is 4.91. The van der Waals surface area contributed by atoms with Gasteiger partial charge in [0.05, 0.1) is 17.7 Å². The van der Waals surface area contributed by atoms with E-state index in [9.17, 15) is 27.9 Å². The number of anilines is 1. The number of carbonyl (C=O) groups excluding carboxylic acids is 1. The Morgan fingerprint density at radius 1 is 1.15 bits per heavy atom. The Labute approximate surface area is 231 Å². The average Bonchev–Trinajstić information content (AvgIpc) is 3.42. The molecular weight excluding hydrogens is 521 g/mol. The third-order valence-electron chi connectivity index (χ3n) is 8.58. The maximum atomic E-state index is 15.0. The normalized spacial score (nSPS) is 20.7. The van der Waals surface area contributed by atoms with Crippen LogP contribution in [0.1, 0.15) is 62.2 Å². The van der Waals surface area contributed by atoms with Crippen molar-refractivity contribution >= 4 is 22.8 Å². The number of aliphatic hydroxyl groups excluding tert-OH is 1. The molecule has 0 bridgehead atoms. The van der Waals surface area contributed by atoms with Crippen molar-refractivity contribution in [2.24, 2.45) is 11.8 Å². The fourth-order valence-electron chi connectivity index (χ4n) is 5.98. The Morgan fingerprint density at radius 3 is 2.58 bits per heavy atom. The fraction of sp³-hybridized carbons (Fsp3) is 0.500. The van der Waals surface area contributed by atoms with Gasteiger partial charge in [-0.3, -0.25) is 14.2 Å². The molecule has 1 aliphatic heterocycles. The molecule has 214 valence electrons. The highest BCUT2D eigenvalue weighted by atomic mass is 19.1. The monoisotopic (exact) mass is 556 g/mol. The van der Waals surface area contributed by atoms with Crippen molar-refractivity contribution in [3.05, 3.63) is 63.9 Å². The second kappa shape index (κ2) is 11.6. The number of fused-ring (bicyclic) bond motifs is 1. The minimum Gasteiger partial charge on any atom is -0.393 e. The van der Waals surface area contributed by atoms with Crippen LogP contribution < -0.4 is 15.6 Å². The Kier molecular flexibility index (Phi) is 8.16. The van der Waals surface area contributed by atoms with Crippen LogP contribution in [0, 0.1) is 23.5 Å². The van der Waals surface area contributed by atoms with Crippen LogP contribution in [0.4, 0.5) is 19.0 Å². The minimum atomic E-state index is -1.65. The summed E-state index contributed by atoms with van der Waals surface area (Å²) in [5, 5.41) is 12.3. The van der Waals surface area contributed by atoms with Gasteiger partial charge in [-0.15, -0.1) is 0 Å². The van der Waals surface area contributed by atoms with Gasteiger partial charge in [-0.05, 0) is 48.9 Å². The highest BCUT2D eigenvalue weighted by molar-refractivity contribution is 5.97. The van der Waals surface area contributed by atoms with Crippen molar-refractivity contribution in [1.82, 2.24) is 14.9 Å². The van der Waals surface area contributed by atoms with Crippen LogP contribution in [0.2, 0.25) is 0 Å². The van der Waals surface area contributed by atoms with E-state index in [1.165, 1.54) is 29.3 Å². The van der Waals surface area contributed by atoms with Crippen molar-refractivity contribution in [2.45, 2.75) is 57.5 Å². The van der Waals surface area contributed by atoms with Gasteiger partial charge in [-0.25, -0.2) is 18.2 Å². The lowest BCUT2D eigenvalue weighted by Gasteiger charge is -2.36. The molecule has 2 N–H and O–H groups in total. The Hall–Kier alpha value is -3.40. The lowest BCUT2D eigenvalue weighted by atomic mass is 9.94. The lowest BCUT2D eigenvalue weighted by molar-refractivity contribution is 0.0480. The molecule has 1 aliphatic carbocycles. The summed E-state index contributed by atoms with van der Waals surface area (Å²) in [6.45, 7) is 2.66. The second-order valence-corrected chi connectivity index (χ2v) is 11.2. The first-order chi connectivity index (χ1) is 19.2. The van der Waals surface area contributed by atoms with E-state index < -0.39 is 35.2 Å². The number of halogens is 3. The van der Waals surface area contributed by atoms with E-state index in [1.807, 2.05) is 4.90 Å². The second-order valence-electron chi connectivity index (χ2n) is 11.2. The molecule has 1 saturated heterocycles. The first-order valence-electron chi connectivity index (χ1n) is 14.1. The molecule has 2 fully saturated rings. The van der Waals surface area contributed by atoms with Crippen LogP contribution in [0.5, 0.6) is 0 Å². The molecule has 3 heterocycles. The highest BCUT2D eigenvalue weighted by Gasteiger charge is 2.34. The molecule has 2 unspecified atom stereocenters. The summed E-state index contributed by atoms with van der Waals surface area (Å²) < 4.78 is 44.5. The van der Waals surface area contributed by atoms with E-state index >= 15 is 0 Å². The molecule has 2 aliphatic rings. The zero-order valence-electron chi connectivity index (χ0n) is 22.6. The van der Waals surface area contributed by atoms with Crippen molar-refractivity contribution in [2.75, 3.05) is 31.1 Å². The number of nitrogens with zero attached hydrogens (tertiary/aromatic N) is 3. The first-order valence-corrected chi connectivity index (χ1v) is 14.1. The maximum Gasteiger partial charge on any atom is 0.256 e. The van der Waals surface area contributed by atoms with Gasteiger partial charge >= 0.3 is 0 Å². The van der Waals surface area contributed by atoms with E-state index in [0.717, 1.165) is 43.7 Å². The summed E-state index contributed by atoms with van der Waals surface area (Å²) in [5.74, 6) is -0.473. The Balaban J connectivity index is 1.47. The molecule has 1 amide bonds. The molecule has 2 aromatic heterocycles. The Bertz CT molecular complexity index is 1450. The number of benzene rings is 1. The van der Waals surface area contributed by atoms with E-state index in [4.69, 9.17) is 0 Å². The summed E-state index contributed by atoms with van der Waals surface area (Å²) in [5.41, 5.74) is -2.32. The molecule has 0 radical (unpaired) electrons. The number of piperidine rings is 1. The predicted molar refractivity (Wildman–Crippen MR) is 148 cm³/mol. The van der Waals surface area contributed by atoms with E-state index in [0.29, 0.717) is 31.4 Å². The average molecular weight is 557 g/mol. The van der Waals surface area contributed by atoms with Gasteiger partial charge in [-0.1, -0.05) is 26.2 Å². The van der Waals surface area contributed by atoms with Crippen molar-refractivity contribution in [3.63, 3.8) is 0 Å². The number of hydrogen-bond acceptors (Lipinski definition) is 5. The van der Waals surface area contributed by atoms with Crippen LogP contribution in [-0.2, 0) is 0 Å². The number of amides is 1. The Morgan fingerprint density at radius 2 is 1.90 bits per heavy atom. The maximum absolute atomic E-state index is 15.0. The SMILES string of the molecule is CCC1CCC(CCNC(=O)c2cn(-c3ccc(F)cc3F)c3nc(N4CCC(F)(CO)CC4)ccc3c2=O)C1. The third-order valence-corrected chi connectivity index (χ3v) is 8.58. The van der Waals surface area contributed by atoms with Crippen molar-refractivity contribution in [3.8, 4) is 5.69 Å². The summed E-state index contributed by atoms with van der Waals surface area (Å²) in [6.07, 6.45) is 6.96. The van der Waals surface area contributed by atoms with E-state index in [2.05, 4.69) is 17.2 Å².